The lowest BCUT2D eigenvalue weighted by Crippen LogP contribution is -2.27. The molecule has 2 aliphatic heterocycles. The molecule has 214 valence electrons. The average molecular weight is 563 g/mol. The van der Waals surface area contributed by atoms with Gasteiger partial charge < -0.3 is 26.0 Å². The first kappa shape index (κ1) is 28.4. The Morgan fingerprint density at radius 3 is 2.52 bits per heavy atom. The Kier molecular flexibility index (Phi) is 8.90. The van der Waals surface area contributed by atoms with E-state index in [0.29, 0.717) is 11.9 Å². The zero-order valence-electron chi connectivity index (χ0n) is 24.3. The van der Waals surface area contributed by atoms with Crippen LogP contribution in [-0.2, 0) is 17.2 Å². The Balaban J connectivity index is 1.51. The van der Waals surface area contributed by atoms with Crippen LogP contribution in [0.3, 0.4) is 0 Å². The SMILES string of the molecule is Cc1cc(Nc2nc3c(c(Nc4ccccc4S(=O)C(C)C)n2)CCCN3)c(OC(C)C)cc1C1CCNCC1. The van der Waals surface area contributed by atoms with Gasteiger partial charge in [0.05, 0.1) is 33.2 Å². The number of aryl methyl sites for hydroxylation is 1. The first-order chi connectivity index (χ1) is 19.3. The van der Waals surface area contributed by atoms with E-state index in [0.717, 1.165) is 84.5 Å². The average Bonchev–Trinajstić information content (AvgIpc) is 2.94. The molecule has 40 heavy (non-hydrogen) atoms. The number of hydrogen-bond acceptors (Lipinski definition) is 8. The number of hydrogen-bond donors (Lipinski definition) is 4. The van der Waals surface area contributed by atoms with E-state index in [4.69, 9.17) is 14.7 Å². The summed E-state index contributed by atoms with van der Waals surface area (Å²) in [5.41, 5.74) is 5.29. The predicted octanol–water partition coefficient (Wildman–Crippen LogP) is 6.40. The lowest BCUT2D eigenvalue weighted by Gasteiger charge is -2.26. The van der Waals surface area contributed by atoms with Crippen LogP contribution in [0.25, 0.3) is 0 Å². The molecule has 3 aromatic rings. The third-order valence-electron chi connectivity index (χ3n) is 7.44. The molecule has 1 fully saturated rings. The van der Waals surface area contributed by atoms with Gasteiger partial charge in [-0.2, -0.15) is 9.97 Å². The zero-order chi connectivity index (χ0) is 28.2. The molecule has 0 saturated carbocycles. The van der Waals surface area contributed by atoms with E-state index in [1.54, 1.807) is 0 Å². The van der Waals surface area contributed by atoms with Crippen molar-refractivity contribution >= 4 is 39.8 Å². The fraction of sp³-hybridized carbons (Fsp3) is 0.484. The Morgan fingerprint density at radius 2 is 1.77 bits per heavy atom. The fourth-order valence-corrected chi connectivity index (χ4v) is 6.53. The highest BCUT2D eigenvalue weighted by Gasteiger charge is 2.23. The molecule has 8 nitrogen and oxygen atoms in total. The molecule has 1 unspecified atom stereocenters. The van der Waals surface area contributed by atoms with Gasteiger partial charge in [-0.15, -0.1) is 0 Å². The van der Waals surface area contributed by atoms with Crippen molar-refractivity contribution in [1.82, 2.24) is 15.3 Å². The molecule has 2 aliphatic rings. The third kappa shape index (κ3) is 6.41. The highest BCUT2D eigenvalue weighted by molar-refractivity contribution is 7.85. The van der Waals surface area contributed by atoms with Gasteiger partial charge in [0.25, 0.3) is 0 Å². The molecule has 0 spiro atoms. The van der Waals surface area contributed by atoms with Gasteiger partial charge in [-0.1, -0.05) is 26.0 Å². The first-order valence-corrected chi connectivity index (χ1v) is 15.7. The minimum Gasteiger partial charge on any atom is -0.489 e. The van der Waals surface area contributed by atoms with Gasteiger partial charge >= 0.3 is 0 Å². The lowest BCUT2D eigenvalue weighted by molar-refractivity contribution is 0.243. The highest BCUT2D eigenvalue weighted by atomic mass is 32.2. The van der Waals surface area contributed by atoms with Crippen LogP contribution >= 0.6 is 0 Å². The van der Waals surface area contributed by atoms with Crippen LogP contribution < -0.4 is 26.0 Å². The quantitative estimate of drug-likeness (QED) is 0.238. The van der Waals surface area contributed by atoms with Crippen molar-refractivity contribution in [3.05, 3.63) is 53.1 Å². The van der Waals surface area contributed by atoms with Gasteiger partial charge in [-0.25, -0.2) is 0 Å². The molecule has 1 aromatic heterocycles. The second-order valence-corrected chi connectivity index (χ2v) is 13.2. The van der Waals surface area contributed by atoms with Gasteiger partial charge in [-0.3, -0.25) is 4.21 Å². The molecule has 2 aromatic carbocycles. The number of anilines is 5. The predicted molar refractivity (Wildman–Crippen MR) is 165 cm³/mol. The van der Waals surface area contributed by atoms with Crippen LogP contribution in [0.15, 0.2) is 41.3 Å². The van der Waals surface area contributed by atoms with E-state index in [9.17, 15) is 4.21 Å². The zero-order valence-corrected chi connectivity index (χ0v) is 25.1. The van der Waals surface area contributed by atoms with Crippen molar-refractivity contribution in [1.29, 1.82) is 0 Å². The Labute approximate surface area is 240 Å². The molecule has 0 bridgehead atoms. The number of aromatic nitrogens is 2. The summed E-state index contributed by atoms with van der Waals surface area (Å²) < 4.78 is 19.4. The van der Waals surface area contributed by atoms with Crippen molar-refractivity contribution in [3.8, 4) is 5.75 Å². The molecular weight excluding hydrogens is 520 g/mol. The summed E-state index contributed by atoms with van der Waals surface area (Å²) in [4.78, 5) is 10.6. The monoisotopic (exact) mass is 562 g/mol. The van der Waals surface area contributed by atoms with Gasteiger partial charge in [0.15, 0.2) is 0 Å². The number of rotatable bonds is 9. The highest BCUT2D eigenvalue weighted by Crippen LogP contribution is 2.38. The van der Waals surface area contributed by atoms with Gasteiger partial charge in [0, 0.05) is 17.4 Å². The smallest absolute Gasteiger partial charge is 0.231 e. The van der Waals surface area contributed by atoms with Crippen molar-refractivity contribution in [3.63, 3.8) is 0 Å². The maximum atomic E-state index is 13.0. The third-order valence-corrected chi connectivity index (χ3v) is 9.09. The molecule has 4 N–H and O–H groups in total. The maximum absolute atomic E-state index is 13.0. The second-order valence-electron chi connectivity index (χ2n) is 11.2. The number of ether oxygens (including phenoxy) is 1. The van der Waals surface area contributed by atoms with Crippen LogP contribution in [-0.4, -0.2) is 45.2 Å². The van der Waals surface area contributed by atoms with E-state index >= 15 is 0 Å². The number of para-hydroxylation sites is 1. The molecule has 1 saturated heterocycles. The van der Waals surface area contributed by atoms with E-state index < -0.39 is 10.8 Å². The van der Waals surface area contributed by atoms with E-state index in [2.05, 4.69) is 40.3 Å². The van der Waals surface area contributed by atoms with Crippen molar-refractivity contribution < 1.29 is 8.95 Å². The summed E-state index contributed by atoms with van der Waals surface area (Å²) in [6.45, 7) is 13.2. The van der Waals surface area contributed by atoms with Crippen LogP contribution in [0.5, 0.6) is 5.75 Å². The summed E-state index contributed by atoms with van der Waals surface area (Å²) in [5.74, 6) is 3.38. The normalized spacial score (nSPS) is 16.4. The molecule has 9 heteroatoms. The lowest BCUT2D eigenvalue weighted by atomic mass is 9.87. The van der Waals surface area contributed by atoms with E-state index in [1.165, 1.54) is 11.1 Å². The van der Waals surface area contributed by atoms with E-state index in [-0.39, 0.29) is 11.4 Å². The Hall–Kier alpha value is -3.17. The fourth-order valence-electron chi connectivity index (χ4n) is 5.47. The molecular formula is C31H42N6O2S. The summed E-state index contributed by atoms with van der Waals surface area (Å²) in [7, 11) is -1.13. The Bertz CT molecular complexity index is 1370. The van der Waals surface area contributed by atoms with Crippen LogP contribution in [0.1, 0.15) is 69.6 Å². The first-order valence-electron chi connectivity index (χ1n) is 14.5. The molecule has 5 rings (SSSR count). The second kappa shape index (κ2) is 12.6. The molecule has 3 heterocycles. The summed E-state index contributed by atoms with van der Waals surface area (Å²) in [6.07, 6.45) is 4.16. The summed E-state index contributed by atoms with van der Waals surface area (Å²) in [5, 5.41) is 13.9. The summed E-state index contributed by atoms with van der Waals surface area (Å²) >= 11 is 0. The summed E-state index contributed by atoms with van der Waals surface area (Å²) in [6, 6.07) is 12.1. The number of fused-ring (bicyclic) bond motifs is 1. The standard InChI is InChI=1S/C31H42N6O2S/c1-19(2)39-27-18-24(22-12-15-32-16-13-22)21(5)17-26(27)35-31-36-29-23(9-8-14-33-29)30(37-31)34-25-10-6-7-11-28(25)40(38)20(3)4/h6-7,10-11,17-20,22,32H,8-9,12-16H2,1-5H3,(H3,33,34,35,36,37). The maximum Gasteiger partial charge on any atom is 0.231 e. The number of nitrogens with zero attached hydrogens (tertiary/aromatic N) is 2. The molecule has 0 aliphatic carbocycles. The van der Waals surface area contributed by atoms with E-state index in [1.807, 2.05) is 52.0 Å². The number of benzene rings is 2. The minimum absolute atomic E-state index is 0.0108. The van der Waals surface area contributed by atoms with Crippen molar-refractivity contribution in [2.45, 2.75) is 82.5 Å². The van der Waals surface area contributed by atoms with Gasteiger partial charge in [0.1, 0.15) is 17.4 Å². The number of piperidine rings is 1. The van der Waals surface area contributed by atoms with Gasteiger partial charge in [0.2, 0.25) is 5.95 Å². The molecule has 0 amide bonds. The largest absolute Gasteiger partial charge is 0.489 e. The van der Waals surface area contributed by atoms with Crippen molar-refractivity contribution in [2.24, 2.45) is 0 Å². The van der Waals surface area contributed by atoms with Crippen LogP contribution in [0.2, 0.25) is 0 Å². The number of nitrogens with one attached hydrogen (secondary N) is 4. The molecule has 0 radical (unpaired) electrons. The van der Waals surface area contributed by atoms with Crippen LogP contribution in [0, 0.1) is 6.92 Å². The van der Waals surface area contributed by atoms with Crippen molar-refractivity contribution in [2.75, 3.05) is 35.6 Å². The van der Waals surface area contributed by atoms with Crippen LogP contribution in [0.4, 0.5) is 29.0 Å². The molecule has 1 atom stereocenters. The van der Waals surface area contributed by atoms with Gasteiger partial charge in [-0.05, 0) is 101 Å². The topological polar surface area (TPSA) is 100 Å². The minimum atomic E-state index is -1.13. The Morgan fingerprint density at radius 1 is 1.00 bits per heavy atom.